The van der Waals surface area contributed by atoms with Gasteiger partial charge >= 0.3 is 0 Å². The molecule has 0 heterocycles. The van der Waals surface area contributed by atoms with Gasteiger partial charge < -0.3 is 14.6 Å². The van der Waals surface area contributed by atoms with E-state index in [1.807, 2.05) is 12.1 Å². The zero-order valence-electron chi connectivity index (χ0n) is 11.0. The molecule has 0 saturated carbocycles. The van der Waals surface area contributed by atoms with Crippen LogP contribution in [0.15, 0.2) is 23.4 Å². The zero-order valence-corrected chi connectivity index (χ0v) is 11.0. The van der Waals surface area contributed by atoms with Crippen molar-refractivity contribution in [1.29, 1.82) is 0 Å². The summed E-state index contributed by atoms with van der Waals surface area (Å²) < 4.78 is 11.0. The van der Waals surface area contributed by atoms with E-state index in [9.17, 15) is 4.91 Å². The molecule has 1 aromatic carbocycles. The summed E-state index contributed by atoms with van der Waals surface area (Å²) in [5.74, 6) is 1.15. The standard InChI is InChI=1S/C13H19NO4/c1-13(2,9-14-16)18-11-5-4-10(6-7-15)8-12(11)17-3/h4-5,8,15H,6-7,9H2,1-3H3. The van der Waals surface area contributed by atoms with Crippen molar-refractivity contribution in [1.82, 2.24) is 0 Å². The summed E-state index contributed by atoms with van der Waals surface area (Å²) in [4.78, 5) is 10.3. The minimum absolute atomic E-state index is 0.0640. The normalized spacial score (nSPS) is 11.1. The largest absolute Gasteiger partial charge is 0.493 e. The van der Waals surface area contributed by atoms with Gasteiger partial charge in [0.2, 0.25) is 0 Å². The highest BCUT2D eigenvalue weighted by atomic mass is 16.5. The number of benzene rings is 1. The smallest absolute Gasteiger partial charge is 0.162 e. The Morgan fingerprint density at radius 2 is 2.06 bits per heavy atom. The molecule has 1 rings (SSSR count). The van der Waals surface area contributed by atoms with Gasteiger partial charge in [0.15, 0.2) is 11.5 Å². The van der Waals surface area contributed by atoms with E-state index in [0.29, 0.717) is 17.9 Å². The Kier molecular flexibility index (Phi) is 5.09. The lowest BCUT2D eigenvalue weighted by atomic mass is 10.1. The van der Waals surface area contributed by atoms with Crippen LogP contribution in [0.25, 0.3) is 0 Å². The van der Waals surface area contributed by atoms with Crippen molar-refractivity contribution in [2.24, 2.45) is 5.18 Å². The second-order valence-corrected chi connectivity index (χ2v) is 4.61. The fourth-order valence-corrected chi connectivity index (χ4v) is 1.57. The third kappa shape index (κ3) is 4.00. The molecule has 0 saturated heterocycles. The number of aliphatic hydroxyl groups is 1. The van der Waals surface area contributed by atoms with Crippen molar-refractivity contribution in [3.63, 3.8) is 0 Å². The van der Waals surface area contributed by atoms with Crippen LogP contribution in [0.5, 0.6) is 11.5 Å². The van der Waals surface area contributed by atoms with Gasteiger partial charge in [-0.2, -0.15) is 4.91 Å². The molecule has 18 heavy (non-hydrogen) atoms. The Balaban J connectivity index is 2.91. The fraction of sp³-hybridized carbons (Fsp3) is 0.538. The molecular weight excluding hydrogens is 234 g/mol. The maximum absolute atomic E-state index is 10.3. The number of methoxy groups -OCH3 is 1. The van der Waals surface area contributed by atoms with Gasteiger partial charge in [-0.1, -0.05) is 11.2 Å². The number of hydrogen-bond donors (Lipinski definition) is 1. The summed E-state index contributed by atoms with van der Waals surface area (Å²) in [6.07, 6.45) is 0.565. The van der Waals surface area contributed by atoms with Crippen LogP contribution in [-0.4, -0.2) is 31.0 Å². The molecule has 0 aromatic heterocycles. The zero-order chi connectivity index (χ0) is 13.6. The van der Waals surface area contributed by atoms with E-state index in [-0.39, 0.29) is 13.2 Å². The molecule has 0 amide bonds. The molecule has 0 unspecified atom stereocenters. The highest BCUT2D eigenvalue weighted by molar-refractivity contribution is 5.43. The van der Waals surface area contributed by atoms with Crippen LogP contribution < -0.4 is 9.47 Å². The van der Waals surface area contributed by atoms with E-state index in [1.54, 1.807) is 27.0 Å². The van der Waals surface area contributed by atoms with E-state index in [0.717, 1.165) is 5.56 Å². The highest BCUT2D eigenvalue weighted by Gasteiger charge is 2.22. The predicted octanol–water partition coefficient (Wildman–Crippen LogP) is 2.15. The van der Waals surface area contributed by atoms with Crippen molar-refractivity contribution < 1.29 is 14.6 Å². The summed E-state index contributed by atoms with van der Waals surface area (Å²) >= 11 is 0. The highest BCUT2D eigenvalue weighted by Crippen LogP contribution is 2.31. The topological polar surface area (TPSA) is 68.1 Å². The van der Waals surface area contributed by atoms with Crippen LogP contribution >= 0.6 is 0 Å². The third-order valence-corrected chi connectivity index (χ3v) is 2.46. The lowest BCUT2D eigenvalue weighted by Gasteiger charge is -2.24. The number of ether oxygens (including phenoxy) is 2. The molecule has 0 aliphatic rings. The second-order valence-electron chi connectivity index (χ2n) is 4.61. The molecule has 0 fully saturated rings. The van der Waals surface area contributed by atoms with Crippen LogP contribution in [0.4, 0.5) is 0 Å². The average molecular weight is 253 g/mol. The van der Waals surface area contributed by atoms with Crippen LogP contribution in [0.3, 0.4) is 0 Å². The Hall–Kier alpha value is -1.62. The number of hydrogen-bond acceptors (Lipinski definition) is 5. The van der Waals surface area contributed by atoms with Gasteiger partial charge in [0.1, 0.15) is 12.1 Å². The van der Waals surface area contributed by atoms with Gasteiger partial charge in [-0.05, 0) is 38.0 Å². The van der Waals surface area contributed by atoms with Crippen LogP contribution in [0.2, 0.25) is 0 Å². The first-order valence-corrected chi connectivity index (χ1v) is 5.78. The summed E-state index contributed by atoms with van der Waals surface area (Å²) in [7, 11) is 1.55. The molecule has 5 heteroatoms. The fourth-order valence-electron chi connectivity index (χ4n) is 1.57. The van der Waals surface area contributed by atoms with Crippen LogP contribution in [0.1, 0.15) is 19.4 Å². The molecular formula is C13H19NO4. The quantitative estimate of drug-likeness (QED) is 0.756. The summed E-state index contributed by atoms with van der Waals surface area (Å²) in [5.41, 5.74) is 0.293. The van der Waals surface area contributed by atoms with Gasteiger partial charge in [0.25, 0.3) is 0 Å². The minimum Gasteiger partial charge on any atom is -0.493 e. The van der Waals surface area contributed by atoms with Crippen LogP contribution in [0, 0.1) is 4.91 Å². The molecule has 0 spiro atoms. The van der Waals surface area contributed by atoms with E-state index in [1.165, 1.54) is 0 Å². The summed E-state index contributed by atoms with van der Waals surface area (Å²) in [6, 6.07) is 5.45. The molecule has 1 aromatic rings. The number of nitroso groups, excluding NO2 is 1. The van der Waals surface area contributed by atoms with Gasteiger partial charge in [0, 0.05) is 6.61 Å². The van der Waals surface area contributed by atoms with Gasteiger partial charge in [-0.3, -0.25) is 0 Å². The number of aliphatic hydroxyl groups excluding tert-OH is 1. The third-order valence-electron chi connectivity index (χ3n) is 2.46. The van der Waals surface area contributed by atoms with Crippen molar-refractivity contribution in [3.05, 3.63) is 28.7 Å². The Morgan fingerprint density at radius 3 is 2.61 bits per heavy atom. The number of nitrogens with zero attached hydrogens (tertiary/aromatic N) is 1. The monoisotopic (exact) mass is 253 g/mol. The van der Waals surface area contributed by atoms with E-state index < -0.39 is 5.60 Å². The minimum atomic E-state index is -0.673. The molecule has 5 nitrogen and oxygen atoms in total. The van der Waals surface area contributed by atoms with Crippen molar-refractivity contribution in [2.75, 3.05) is 20.3 Å². The van der Waals surface area contributed by atoms with Gasteiger partial charge in [-0.25, -0.2) is 0 Å². The number of rotatable bonds is 7. The molecule has 0 atom stereocenters. The first kappa shape index (κ1) is 14.4. The summed E-state index contributed by atoms with van der Waals surface area (Å²) in [6.45, 7) is 3.73. The Labute approximate surface area is 107 Å². The van der Waals surface area contributed by atoms with Gasteiger partial charge in [-0.15, -0.1) is 0 Å². The second kappa shape index (κ2) is 6.35. The van der Waals surface area contributed by atoms with Crippen LogP contribution in [-0.2, 0) is 6.42 Å². The molecule has 0 aliphatic carbocycles. The average Bonchev–Trinajstić information content (AvgIpc) is 2.31. The summed E-state index contributed by atoms with van der Waals surface area (Å²) in [5, 5.41) is 11.7. The van der Waals surface area contributed by atoms with E-state index in [4.69, 9.17) is 14.6 Å². The first-order valence-electron chi connectivity index (χ1n) is 5.78. The molecule has 0 aliphatic heterocycles. The Morgan fingerprint density at radius 1 is 1.33 bits per heavy atom. The van der Waals surface area contributed by atoms with Crippen molar-refractivity contribution in [2.45, 2.75) is 25.9 Å². The van der Waals surface area contributed by atoms with E-state index in [2.05, 4.69) is 5.18 Å². The molecule has 100 valence electrons. The van der Waals surface area contributed by atoms with E-state index >= 15 is 0 Å². The SMILES string of the molecule is COc1cc(CCO)ccc1OC(C)(C)CN=O. The maximum Gasteiger partial charge on any atom is 0.162 e. The lowest BCUT2D eigenvalue weighted by molar-refractivity contribution is 0.114. The van der Waals surface area contributed by atoms with Gasteiger partial charge in [0.05, 0.1) is 7.11 Å². The van der Waals surface area contributed by atoms with Crippen molar-refractivity contribution in [3.8, 4) is 11.5 Å². The first-order chi connectivity index (χ1) is 8.52. The molecule has 0 bridgehead atoms. The predicted molar refractivity (Wildman–Crippen MR) is 69.2 cm³/mol. The Bertz CT molecular complexity index is 404. The van der Waals surface area contributed by atoms with Crippen molar-refractivity contribution >= 4 is 0 Å². The maximum atomic E-state index is 10.3. The lowest BCUT2D eigenvalue weighted by Crippen LogP contribution is -2.31. The molecule has 1 N–H and O–H groups in total. The molecule has 0 radical (unpaired) electrons.